The molecule has 2 heterocycles. The highest BCUT2D eigenvalue weighted by Crippen LogP contribution is 2.26. The van der Waals surface area contributed by atoms with Crippen LogP contribution in [0.15, 0.2) is 84.9 Å². The molecular formula is C29H31ClN6O. The van der Waals surface area contributed by atoms with Gasteiger partial charge in [0.2, 0.25) is 5.95 Å². The van der Waals surface area contributed by atoms with E-state index in [4.69, 9.17) is 26.3 Å². The van der Waals surface area contributed by atoms with E-state index in [-0.39, 0.29) is 0 Å². The van der Waals surface area contributed by atoms with E-state index in [1.54, 1.807) is 0 Å². The molecule has 37 heavy (non-hydrogen) atoms. The van der Waals surface area contributed by atoms with Crippen LogP contribution in [0.5, 0.6) is 5.75 Å². The first-order chi connectivity index (χ1) is 18.0. The standard InChI is InChI=1S/C29H31ClN6O/c1-34(2)28-20-27(31-24-9-6-10-26(19-24)37-21-22-7-4-3-5-8-22)32-29(33-28)36-17-15-35(16-18-36)25-13-11-23(30)12-14-25/h3-14,19-20H,15-18,21H2,1-2H3,(H,31,32,33). The molecular weight excluding hydrogens is 484 g/mol. The average Bonchev–Trinajstić information content (AvgIpc) is 2.93. The maximum atomic E-state index is 6.06. The zero-order valence-electron chi connectivity index (χ0n) is 21.1. The molecule has 0 aliphatic carbocycles. The summed E-state index contributed by atoms with van der Waals surface area (Å²) in [6.07, 6.45) is 0. The lowest BCUT2D eigenvalue weighted by Crippen LogP contribution is -2.47. The predicted octanol–water partition coefficient (Wildman–Crippen LogP) is 5.85. The molecule has 0 saturated carbocycles. The first-order valence-electron chi connectivity index (χ1n) is 12.4. The lowest BCUT2D eigenvalue weighted by Gasteiger charge is -2.36. The minimum atomic E-state index is 0.523. The predicted molar refractivity (Wildman–Crippen MR) is 153 cm³/mol. The summed E-state index contributed by atoms with van der Waals surface area (Å²) in [4.78, 5) is 16.3. The Morgan fingerprint density at radius 3 is 2.30 bits per heavy atom. The lowest BCUT2D eigenvalue weighted by atomic mass is 10.2. The maximum absolute atomic E-state index is 6.06. The van der Waals surface area contributed by atoms with E-state index < -0.39 is 0 Å². The van der Waals surface area contributed by atoms with Crippen LogP contribution in [0.1, 0.15) is 5.56 Å². The summed E-state index contributed by atoms with van der Waals surface area (Å²) in [6.45, 7) is 3.97. The summed E-state index contributed by atoms with van der Waals surface area (Å²) in [7, 11) is 3.98. The molecule has 190 valence electrons. The summed E-state index contributed by atoms with van der Waals surface area (Å²) in [5, 5.41) is 4.20. The Morgan fingerprint density at radius 1 is 0.838 bits per heavy atom. The molecule has 0 spiro atoms. The fourth-order valence-corrected chi connectivity index (χ4v) is 4.35. The number of benzene rings is 3. The number of aromatic nitrogens is 2. The van der Waals surface area contributed by atoms with Crippen LogP contribution in [0.3, 0.4) is 0 Å². The fourth-order valence-electron chi connectivity index (χ4n) is 4.23. The smallest absolute Gasteiger partial charge is 0.229 e. The fraction of sp³-hybridized carbons (Fsp3) is 0.241. The van der Waals surface area contributed by atoms with Crippen molar-refractivity contribution >= 4 is 40.6 Å². The zero-order chi connectivity index (χ0) is 25.6. The molecule has 0 bridgehead atoms. The number of nitrogens with one attached hydrogen (secondary N) is 1. The SMILES string of the molecule is CN(C)c1cc(Nc2cccc(OCc3ccccc3)c2)nc(N2CCN(c3ccc(Cl)cc3)CC2)n1. The molecule has 4 aromatic rings. The molecule has 0 radical (unpaired) electrons. The Kier molecular flexibility index (Phi) is 7.61. The van der Waals surface area contributed by atoms with Gasteiger partial charge in [0.25, 0.3) is 0 Å². The number of piperazine rings is 1. The molecule has 1 N–H and O–H groups in total. The third kappa shape index (κ3) is 6.43. The van der Waals surface area contributed by atoms with Gasteiger partial charge < -0.3 is 24.8 Å². The summed E-state index contributed by atoms with van der Waals surface area (Å²) in [6, 6.07) is 28.1. The van der Waals surface area contributed by atoms with Crippen LogP contribution >= 0.6 is 11.6 Å². The summed E-state index contributed by atoms with van der Waals surface area (Å²) >= 11 is 6.06. The van der Waals surface area contributed by atoms with Crippen LogP contribution in [0.4, 0.5) is 29.0 Å². The van der Waals surface area contributed by atoms with Gasteiger partial charge in [0.1, 0.15) is 24.0 Å². The van der Waals surface area contributed by atoms with Crippen LogP contribution < -0.4 is 24.8 Å². The second-order valence-corrected chi connectivity index (χ2v) is 9.62. The van der Waals surface area contributed by atoms with Gasteiger partial charge in [-0.3, -0.25) is 0 Å². The quantitative estimate of drug-likeness (QED) is 0.317. The second-order valence-electron chi connectivity index (χ2n) is 9.18. The number of halogens is 1. The van der Waals surface area contributed by atoms with Crippen LogP contribution in [-0.2, 0) is 6.61 Å². The lowest BCUT2D eigenvalue weighted by molar-refractivity contribution is 0.306. The van der Waals surface area contributed by atoms with Crippen molar-refractivity contribution in [2.24, 2.45) is 0 Å². The third-order valence-corrected chi connectivity index (χ3v) is 6.52. The number of nitrogens with zero attached hydrogens (tertiary/aromatic N) is 5. The van der Waals surface area contributed by atoms with Gasteiger partial charge >= 0.3 is 0 Å². The molecule has 5 rings (SSSR count). The Morgan fingerprint density at radius 2 is 1.57 bits per heavy atom. The Bertz CT molecular complexity index is 1310. The molecule has 8 heteroatoms. The van der Waals surface area contributed by atoms with Crippen LogP contribution in [0.25, 0.3) is 0 Å². The maximum Gasteiger partial charge on any atom is 0.229 e. The highest BCUT2D eigenvalue weighted by molar-refractivity contribution is 6.30. The van der Waals surface area contributed by atoms with Gasteiger partial charge in [-0.05, 0) is 42.0 Å². The molecule has 0 atom stereocenters. The van der Waals surface area contributed by atoms with Crippen molar-refractivity contribution < 1.29 is 4.74 Å². The molecule has 1 aromatic heterocycles. The molecule has 1 fully saturated rings. The Hall–Kier alpha value is -3.97. The molecule has 1 aliphatic rings. The van der Waals surface area contributed by atoms with Gasteiger partial charge in [-0.2, -0.15) is 9.97 Å². The van der Waals surface area contributed by atoms with E-state index in [1.807, 2.05) is 79.7 Å². The van der Waals surface area contributed by atoms with Gasteiger partial charge in [0, 0.05) is 68.8 Å². The van der Waals surface area contributed by atoms with E-state index in [0.29, 0.717) is 6.61 Å². The number of anilines is 5. The molecule has 3 aromatic carbocycles. The van der Waals surface area contributed by atoms with Crippen molar-refractivity contribution in [1.82, 2.24) is 9.97 Å². The summed E-state index contributed by atoms with van der Waals surface area (Å²) in [5.74, 6) is 3.12. The van der Waals surface area contributed by atoms with E-state index in [2.05, 4.69) is 39.4 Å². The number of ether oxygens (including phenoxy) is 1. The number of rotatable bonds is 8. The van der Waals surface area contributed by atoms with E-state index in [9.17, 15) is 0 Å². The van der Waals surface area contributed by atoms with Gasteiger partial charge in [-0.25, -0.2) is 0 Å². The molecule has 7 nitrogen and oxygen atoms in total. The van der Waals surface area contributed by atoms with Gasteiger partial charge in [-0.1, -0.05) is 48.0 Å². The topological polar surface area (TPSA) is 56.8 Å². The molecule has 1 saturated heterocycles. The minimum Gasteiger partial charge on any atom is -0.489 e. The first kappa shape index (κ1) is 24.7. The van der Waals surface area contributed by atoms with Crippen molar-refractivity contribution in [1.29, 1.82) is 0 Å². The zero-order valence-corrected chi connectivity index (χ0v) is 21.9. The Balaban J connectivity index is 1.28. The second kappa shape index (κ2) is 11.4. The van der Waals surface area contributed by atoms with Gasteiger partial charge in [-0.15, -0.1) is 0 Å². The van der Waals surface area contributed by atoms with E-state index in [1.165, 1.54) is 5.69 Å². The molecule has 0 amide bonds. The van der Waals surface area contributed by atoms with Crippen molar-refractivity contribution in [2.45, 2.75) is 6.61 Å². The summed E-state index contributed by atoms with van der Waals surface area (Å²) in [5.41, 5.74) is 3.23. The normalized spacial score (nSPS) is 13.4. The van der Waals surface area contributed by atoms with Gasteiger partial charge in [0.15, 0.2) is 0 Å². The minimum absolute atomic E-state index is 0.523. The average molecular weight is 515 g/mol. The van der Waals surface area contributed by atoms with Crippen molar-refractivity contribution in [3.8, 4) is 5.75 Å². The highest BCUT2D eigenvalue weighted by Gasteiger charge is 2.21. The van der Waals surface area contributed by atoms with Crippen LogP contribution in [0, 0.1) is 0 Å². The molecule has 0 unspecified atom stereocenters. The van der Waals surface area contributed by atoms with Gasteiger partial charge in [0.05, 0.1) is 0 Å². The van der Waals surface area contributed by atoms with Crippen molar-refractivity contribution in [3.05, 3.63) is 95.5 Å². The van der Waals surface area contributed by atoms with E-state index in [0.717, 1.165) is 65.8 Å². The Labute approximate surface area is 223 Å². The third-order valence-electron chi connectivity index (χ3n) is 6.27. The van der Waals surface area contributed by atoms with Crippen LogP contribution in [-0.4, -0.2) is 50.2 Å². The highest BCUT2D eigenvalue weighted by atomic mass is 35.5. The number of hydrogen-bond donors (Lipinski definition) is 1. The van der Waals surface area contributed by atoms with Crippen LogP contribution in [0.2, 0.25) is 5.02 Å². The van der Waals surface area contributed by atoms with Crippen molar-refractivity contribution in [2.75, 3.05) is 60.3 Å². The monoisotopic (exact) mass is 514 g/mol. The summed E-state index contributed by atoms with van der Waals surface area (Å²) < 4.78 is 6.00. The number of hydrogen-bond acceptors (Lipinski definition) is 7. The van der Waals surface area contributed by atoms with E-state index >= 15 is 0 Å². The van der Waals surface area contributed by atoms with Crippen molar-refractivity contribution in [3.63, 3.8) is 0 Å². The largest absolute Gasteiger partial charge is 0.489 e. The molecule has 1 aliphatic heterocycles. The first-order valence-corrected chi connectivity index (χ1v) is 12.8.